The summed E-state index contributed by atoms with van der Waals surface area (Å²) in [4.78, 5) is 2.05. The third-order valence-electron chi connectivity index (χ3n) is 1.34. The lowest BCUT2D eigenvalue weighted by Crippen LogP contribution is -2.01. The number of nitrogens with zero attached hydrogens (tertiary/aromatic N) is 1. The van der Waals surface area contributed by atoms with Crippen LogP contribution in [0.5, 0.6) is 0 Å². The van der Waals surface area contributed by atoms with E-state index in [1.165, 1.54) is 11.1 Å². The van der Waals surface area contributed by atoms with Gasteiger partial charge in [0.2, 0.25) is 0 Å². The molecule has 0 saturated heterocycles. The molecular weight excluding hydrogens is 122 g/mol. The van der Waals surface area contributed by atoms with Gasteiger partial charge in [-0.05, 0) is 12.5 Å². The minimum Gasteiger partial charge on any atom is -0.383 e. The fraction of sp³-hybridized carbons (Fsp3) is 0.333. The van der Waals surface area contributed by atoms with Crippen molar-refractivity contribution in [2.75, 3.05) is 14.1 Å². The van der Waals surface area contributed by atoms with Crippen LogP contribution >= 0.6 is 0 Å². The highest BCUT2D eigenvalue weighted by Gasteiger charge is 1.95. The van der Waals surface area contributed by atoms with Crippen molar-refractivity contribution in [1.82, 2.24) is 4.90 Å². The van der Waals surface area contributed by atoms with Gasteiger partial charge in [0.25, 0.3) is 0 Å². The van der Waals surface area contributed by atoms with Crippen LogP contribution in [0.15, 0.2) is 35.6 Å². The van der Waals surface area contributed by atoms with Crippen molar-refractivity contribution in [2.45, 2.75) is 6.92 Å². The quantitative estimate of drug-likeness (QED) is 0.531. The maximum Gasteiger partial charge on any atom is 0.00587 e. The van der Waals surface area contributed by atoms with Crippen molar-refractivity contribution in [3.63, 3.8) is 0 Å². The predicted octanol–water partition coefficient (Wildman–Crippen LogP) is 1.95. The Morgan fingerprint density at radius 1 is 1.30 bits per heavy atom. The summed E-state index contributed by atoms with van der Waals surface area (Å²) < 4.78 is 0. The Bertz CT molecular complexity index is 207. The summed E-state index contributed by atoms with van der Waals surface area (Å²) in [5.41, 5.74) is 2.61. The van der Waals surface area contributed by atoms with Crippen LogP contribution in [-0.4, -0.2) is 19.0 Å². The van der Waals surface area contributed by atoms with Gasteiger partial charge < -0.3 is 4.90 Å². The second-order valence-corrected chi connectivity index (χ2v) is 2.81. The van der Waals surface area contributed by atoms with Gasteiger partial charge >= 0.3 is 0 Å². The van der Waals surface area contributed by atoms with E-state index in [2.05, 4.69) is 36.3 Å². The molecule has 1 nitrogen and oxygen atoms in total. The molecule has 1 rings (SSSR count). The summed E-state index contributed by atoms with van der Waals surface area (Å²) in [5, 5.41) is 0. The van der Waals surface area contributed by atoms with Gasteiger partial charge in [-0.25, -0.2) is 0 Å². The fourth-order valence-electron chi connectivity index (χ4n) is 0.965. The van der Waals surface area contributed by atoms with Crippen LogP contribution in [0.1, 0.15) is 6.92 Å². The van der Waals surface area contributed by atoms with Crippen LogP contribution in [0.3, 0.4) is 0 Å². The molecule has 0 atom stereocenters. The molecule has 0 heterocycles. The van der Waals surface area contributed by atoms with Gasteiger partial charge in [0.15, 0.2) is 0 Å². The molecule has 0 aliphatic heterocycles. The molecule has 0 amide bonds. The second kappa shape index (κ2) is 2.74. The van der Waals surface area contributed by atoms with Crippen LogP contribution in [0.4, 0.5) is 0 Å². The minimum absolute atomic E-state index is 1.28. The Kier molecular flexibility index (Phi) is 1.95. The maximum atomic E-state index is 2.17. The van der Waals surface area contributed by atoms with Crippen molar-refractivity contribution in [3.8, 4) is 0 Å². The smallest absolute Gasteiger partial charge is 0.00587 e. The van der Waals surface area contributed by atoms with Crippen LogP contribution in [0.25, 0.3) is 0 Å². The molecule has 0 aromatic heterocycles. The van der Waals surface area contributed by atoms with E-state index in [9.17, 15) is 0 Å². The second-order valence-electron chi connectivity index (χ2n) is 2.81. The zero-order valence-electron chi connectivity index (χ0n) is 6.76. The largest absolute Gasteiger partial charge is 0.383 e. The zero-order chi connectivity index (χ0) is 7.56. The standard InChI is InChI=1S/C9H13N/c1-8-4-5-9(6-8)7-10(2)3/h4-7H,1-3H3/b9-7+. The summed E-state index contributed by atoms with van der Waals surface area (Å²) in [6.07, 6.45) is 8.51. The molecule has 0 aromatic rings. The van der Waals surface area contributed by atoms with Crippen LogP contribution in [-0.2, 0) is 0 Å². The molecule has 0 spiro atoms. The molecule has 0 N–H and O–H groups in total. The van der Waals surface area contributed by atoms with Crippen molar-refractivity contribution in [2.24, 2.45) is 0 Å². The third kappa shape index (κ3) is 1.76. The van der Waals surface area contributed by atoms with Crippen molar-refractivity contribution in [3.05, 3.63) is 35.6 Å². The van der Waals surface area contributed by atoms with Gasteiger partial charge in [0.1, 0.15) is 0 Å². The van der Waals surface area contributed by atoms with E-state index in [1.807, 2.05) is 14.1 Å². The first-order valence-corrected chi connectivity index (χ1v) is 3.43. The van der Waals surface area contributed by atoms with E-state index >= 15 is 0 Å². The van der Waals surface area contributed by atoms with Gasteiger partial charge in [0, 0.05) is 20.3 Å². The fourth-order valence-corrected chi connectivity index (χ4v) is 0.965. The Morgan fingerprint density at radius 2 is 2.00 bits per heavy atom. The highest BCUT2D eigenvalue weighted by molar-refractivity contribution is 5.44. The summed E-state index contributed by atoms with van der Waals surface area (Å²) in [6.45, 7) is 2.10. The van der Waals surface area contributed by atoms with Crippen LogP contribution in [0, 0.1) is 0 Å². The molecule has 1 aliphatic rings. The van der Waals surface area contributed by atoms with Gasteiger partial charge in [0.05, 0.1) is 0 Å². The monoisotopic (exact) mass is 135 g/mol. The lowest BCUT2D eigenvalue weighted by Gasteiger charge is -2.03. The Morgan fingerprint density at radius 3 is 2.40 bits per heavy atom. The van der Waals surface area contributed by atoms with Crippen LogP contribution in [0.2, 0.25) is 0 Å². The Balaban J connectivity index is 2.70. The van der Waals surface area contributed by atoms with Crippen LogP contribution < -0.4 is 0 Å². The van der Waals surface area contributed by atoms with E-state index < -0.39 is 0 Å². The summed E-state index contributed by atoms with van der Waals surface area (Å²) in [5.74, 6) is 0. The molecule has 54 valence electrons. The first-order valence-electron chi connectivity index (χ1n) is 3.43. The number of rotatable bonds is 1. The topological polar surface area (TPSA) is 3.24 Å². The normalized spacial score (nSPS) is 19.9. The number of hydrogen-bond donors (Lipinski definition) is 0. The summed E-state index contributed by atoms with van der Waals surface area (Å²) in [6, 6.07) is 0. The Hall–Kier alpha value is -0.980. The number of allylic oxidation sites excluding steroid dienone is 5. The van der Waals surface area contributed by atoms with E-state index in [0.717, 1.165) is 0 Å². The molecule has 0 radical (unpaired) electrons. The molecule has 0 fully saturated rings. The minimum atomic E-state index is 1.28. The van der Waals surface area contributed by atoms with Gasteiger partial charge in [-0.3, -0.25) is 0 Å². The van der Waals surface area contributed by atoms with E-state index in [4.69, 9.17) is 0 Å². The third-order valence-corrected chi connectivity index (χ3v) is 1.34. The average Bonchev–Trinajstić information content (AvgIpc) is 2.13. The molecule has 0 unspecified atom stereocenters. The maximum absolute atomic E-state index is 2.17. The zero-order valence-corrected chi connectivity index (χ0v) is 6.76. The lowest BCUT2D eigenvalue weighted by molar-refractivity contribution is 0.561. The van der Waals surface area contributed by atoms with Crippen molar-refractivity contribution >= 4 is 0 Å². The molecule has 1 aliphatic carbocycles. The van der Waals surface area contributed by atoms with Crippen molar-refractivity contribution < 1.29 is 0 Å². The summed E-state index contributed by atoms with van der Waals surface area (Å²) in [7, 11) is 4.06. The van der Waals surface area contributed by atoms with E-state index in [1.54, 1.807) is 0 Å². The highest BCUT2D eigenvalue weighted by atomic mass is 15.0. The van der Waals surface area contributed by atoms with E-state index in [0.29, 0.717) is 0 Å². The molecule has 0 saturated carbocycles. The summed E-state index contributed by atoms with van der Waals surface area (Å²) >= 11 is 0. The molecule has 0 bridgehead atoms. The predicted molar refractivity (Wildman–Crippen MR) is 44.7 cm³/mol. The van der Waals surface area contributed by atoms with Crippen molar-refractivity contribution in [1.29, 1.82) is 0 Å². The average molecular weight is 135 g/mol. The SMILES string of the molecule is CC1=C/C(=C/N(C)C)C=C1. The highest BCUT2D eigenvalue weighted by Crippen LogP contribution is 2.13. The first-order chi connectivity index (χ1) is 4.68. The first kappa shape index (κ1) is 7.13. The molecule has 0 aromatic carbocycles. The van der Waals surface area contributed by atoms with Gasteiger partial charge in [-0.2, -0.15) is 0 Å². The molecule has 1 heteroatoms. The lowest BCUT2D eigenvalue weighted by atomic mass is 10.3. The van der Waals surface area contributed by atoms with Gasteiger partial charge in [-0.1, -0.05) is 23.8 Å². The number of hydrogen-bond acceptors (Lipinski definition) is 1. The van der Waals surface area contributed by atoms with Gasteiger partial charge in [-0.15, -0.1) is 0 Å². The Labute approximate surface area is 62.3 Å². The molecular formula is C9H13N. The van der Waals surface area contributed by atoms with E-state index in [-0.39, 0.29) is 0 Å². The molecule has 10 heavy (non-hydrogen) atoms.